The van der Waals surface area contributed by atoms with Crippen molar-refractivity contribution in [2.24, 2.45) is 0 Å². The first-order chi connectivity index (χ1) is 9.65. The van der Waals surface area contributed by atoms with Gasteiger partial charge in [0.15, 0.2) is 5.82 Å². The Morgan fingerprint density at radius 3 is 2.45 bits per heavy atom. The van der Waals surface area contributed by atoms with E-state index in [1.807, 2.05) is 0 Å². The number of aryl methyl sites for hydroxylation is 1. The first kappa shape index (κ1) is 16.6. The van der Waals surface area contributed by atoms with E-state index in [1.54, 1.807) is 27.2 Å². The molecule has 7 heteroatoms. The Bertz CT molecular complexity index is 387. The molecule has 0 atom stereocenters. The molecule has 0 aliphatic rings. The third kappa shape index (κ3) is 6.65. The van der Waals surface area contributed by atoms with Crippen LogP contribution in [0.5, 0.6) is 0 Å². The summed E-state index contributed by atoms with van der Waals surface area (Å²) in [7, 11) is 3.32. The van der Waals surface area contributed by atoms with Crippen LogP contribution in [0.1, 0.15) is 12.2 Å². The lowest BCUT2D eigenvalue weighted by Crippen LogP contribution is -2.33. The molecule has 0 saturated carbocycles. The highest BCUT2D eigenvalue weighted by molar-refractivity contribution is 5.89. The summed E-state index contributed by atoms with van der Waals surface area (Å²) >= 11 is 0. The average molecular weight is 285 g/mol. The van der Waals surface area contributed by atoms with Crippen molar-refractivity contribution >= 4 is 11.7 Å². The van der Waals surface area contributed by atoms with E-state index in [-0.39, 0.29) is 5.91 Å². The first-order valence-corrected chi connectivity index (χ1v) is 6.59. The van der Waals surface area contributed by atoms with Crippen LogP contribution in [0.2, 0.25) is 0 Å². The van der Waals surface area contributed by atoms with Crippen LogP contribution in [0.15, 0.2) is 10.6 Å². The van der Waals surface area contributed by atoms with Gasteiger partial charge in [0.2, 0.25) is 5.91 Å². The van der Waals surface area contributed by atoms with Crippen LogP contribution in [-0.4, -0.2) is 63.0 Å². The summed E-state index contributed by atoms with van der Waals surface area (Å²) in [6.45, 7) is 5.24. The zero-order valence-electron chi connectivity index (χ0n) is 12.3. The van der Waals surface area contributed by atoms with E-state index in [1.165, 1.54) is 0 Å². The number of nitrogens with zero attached hydrogens (tertiary/aromatic N) is 2. The summed E-state index contributed by atoms with van der Waals surface area (Å²) in [4.78, 5) is 13.9. The number of nitrogens with one attached hydrogen (secondary N) is 1. The highest BCUT2D eigenvalue weighted by atomic mass is 16.5. The van der Waals surface area contributed by atoms with Gasteiger partial charge in [0.25, 0.3) is 0 Å². The summed E-state index contributed by atoms with van der Waals surface area (Å²) < 4.78 is 15.0. The summed E-state index contributed by atoms with van der Waals surface area (Å²) in [5.74, 6) is 1.04. The SMILES string of the molecule is COCCN(CCOC)CCC(=O)Nc1cc(C)on1. The fourth-order valence-electron chi connectivity index (χ4n) is 1.67. The molecule has 0 aliphatic heterocycles. The highest BCUT2D eigenvalue weighted by Crippen LogP contribution is 2.07. The van der Waals surface area contributed by atoms with Crippen LogP contribution < -0.4 is 5.32 Å². The molecular formula is C13H23N3O4. The summed E-state index contributed by atoms with van der Waals surface area (Å²) in [6, 6.07) is 1.69. The Kier molecular flexibility index (Phi) is 7.86. The van der Waals surface area contributed by atoms with Crippen molar-refractivity contribution in [3.05, 3.63) is 11.8 Å². The van der Waals surface area contributed by atoms with Crippen molar-refractivity contribution in [1.29, 1.82) is 0 Å². The third-order valence-electron chi connectivity index (χ3n) is 2.77. The molecule has 1 rings (SSSR count). The zero-order chi connectivity index (χ0) is 14.8. The van der Waals surface area contributed by atoms with Gasteiger partial charge >= 0.3 is 0 Å². The van der Waals surface area contributed by atoms with Crippen LogP contribution in [0.25, 0.3) is 0 Å². The van der Waals surface area contributed by atoms with Crippen molar-refractivity contribution in [1.82, 2.24) is 10.1 Å². The number of hydrogen-bond acceptors (Lipinski definition) is 6. The molecular weight excluding hydrogens is 262 g/mol. The van der Waals surface area contributed by atoms with Gasteiger partial charge in [-0.1, -0.05) is 5.16 Å². The molecule has 0 radical (unpaired) electrons. The number of methoxy groups -OCH3 is 2. The molecule has 0 bridgehead atoms. The molecule has 0 fully saturated rings. The summed E-state index contributed by atoms with van der Waals surface area (Å²) in [5, 5.41) is 6.42. The molecule has 0 saturated heterocycles. The molecule has 114 valence electrons. The maximum absolute atomic E-state index is 11.8. The molecule has 1 amide bonds. The van der Waals surface area contributed by atoms with Gasteiger partial charge < -0.3 is 19.3 Å². The first-order valence-electron chi connectivity index (χ1n) is 6.59. The van der Waals surface area contributed by atoms with Crippen molar-refractivity contribution < 1.29 is 18.8 Å². The molecule has 0 unspecified atom stereocenters. The molecule has 1 N–H and O–H groups in total. The second-order valence-corrected chi connectivity index (χ2v) is 4.45. The second kappa shape index (κ2) is 9.46. The number of ether oxygens (including phenoxy) is 2. The smallest absolute Gasteiger partial charge is 0.226 e. The average Bonchev–Trinajstić information content (AvgIpc) is 2.83. The molecule has 20 heavy (non-hydrogen) atoms. The van der Waals surface area contributed by atoms with E-state index < -0.39 is 0 Å². The molecule has 7 nitrogen and oxygen atoms in total. The van der Waals surface area contributed by atoms with E-state index in [0.29, 0.717) is 37.8 Å². The Morgan fingerprint density at radius 1 is 1.30 bits per heavy atom. The van der Waals surface area contributed by atoms with Gasteiger partial charge in [-0.15, -0.1) is 0 Å². The topological polar surface area (TPSA) is 76.8 Å². The van der Waals surface area contributed by atoms with Crippen LogP contribution in [0.4, 0.5) is 5.82 Å². The number of aromatic nitrogens is 1. The van der Waals surface area contributed by atoms with Crippen molar-refractivity contribution in [3.8, 4) is 0 Å². The quantitative estimate of drug-likeness (QED) is 0.688. The minimum atomic E-state index is -0.0851. The normalized spacial score (nSPS) is 11.0. The maximum Gasteiger partial charge on any atom is 0.226 e. The third-order valence-corrected chi connectivity index (χ3v) is 2.77. The number of anilines is 1. The Labute approximate surface area is 119 Å². The summed E-state index contributed by atoms with van der Waals surface area (Å²) in [5.41, 5.74) is 0. The van der Waals surface area contributed by atoms with Crippen LogP contribution in [0, 0.1) is 6.92 Å². The lowest BCUT2D eigenvalue weighted by atomic mass is 10.3. The minimum Gasteiger partial charge on any atom is -0.383 e. The predicted octanol–water partition coefficient (Wildman–Crippen LogP) is 0.906. The van der Waals surface area contributed by atoms with Gasteiger partial charge in [-0.3, -0.25) is 9.69 Å². The Morgan fingerprint density at radius 2 is 1.95 bits per heavy atom. The van der Waals surface area contributed by atoms with Gasteiger partial charge in [-0.25, -0.2) is 0 Å². The van der Waals surface area contributed by atoms with Crippen LogP contribution in [-0.2, 0) is 14.3 Å². The largest absolute Gasteiger partial charge is 0.383 e. The molecule has 1 aromatic heterocycles. The van der Waals surface area contributed by atoms with E-state index in [4.69, 9.17) is 14.0 Å². The van der Waals surface area contributed by atoms with E-state index in [2.05, 4.69) is 15.4 Å². The standard InChI is InChI=1S/C13H23N3O4/c1-11-10-12(15-20-11)14-13(17)4-5-16(6-8-18-2)7-9-19-3/h10H,4-9H2,1-3H3,(H,14,15,17). The molecule has 0 spiro atoms. The zero-order valence-corrected chi connectivity index (χ0v) is 12.3. The second-order valence-electron chi connectivity index (χ2n) is 4.45. The maximum atomic E-state index is 11.8. The molecule has 0 aromatic carbocycles. The van der Waals surface area contributed by atoms with Crippen molar-refractivity contribution in [3.63, 3.8) is 0 Å². The fraction of sp³-hybridized carbons (Fsp3) is 0.692. The van der Waals surface area contributed by atoms with Crippen LogP contribution >= 0.6 is 0 Å². The van der Waals surface area contributed by atoms with Crippen molar-refractivity contribution in [2.75, 3.05) is 52.4 Å². The van der Waals surface area contributed by atoms with Crippen molar-refractivity contribution in [2.45, 2.75) is 13.3 Å². The number of carbonyl (C=O) groups excluding carboxylic acids is 1. The van der Waals surface area contributed by atoms with Gasteiger partial charge in [-0.2, -0.15) is 0 Å². The highest BCUT2D eigenvalue weighted by Gasteiger charge is 2.10. The lowest BCUT2D eigenvalue weighted by molar-refractivity contribution is -0.116. The minimum absolute atomic E-state index is 0.0851. The monoisotopic (exact) mass is 285 g/mol. The number of rotatable bonds is 10. The molecule has 1 heterocycles. The number of hydrogen-bond donors (Lipinski definition) is 1. The van der Waals surface area contributed by atoms with E-state index in [0.717, 1.165) is 13.1 Å². The van der Waals surface area contributed by atoms with Crippen LogP contribution in [0.3, 0.4) is 0 Å². The lowest BCUT2D eigenvalue weighted by Gasteiger charge is -2.20. The molecule has 0 aliphatic carbocycles. The van der Waals surface area contributed by atoms with E-state index >= 15 is 0 Å². The fourth-order valence-corrected chi connectivity index (χ4v) is 1.67. The van der Waals surface area contributed by atoms with Gasteiger partial charge in [0.05, 0.1) is 13.2 Å². The molecule has 1 aromatic rings. The number of amides is 1. The van der Waals surface area contributed by atoms with Gasteiger partial charge in [0, 0.05) is 46.3 Å². The van der Waals surface area contributed by atoms with Gasteiger partial charge in [0.1, 0.15) is 5.76 Å². The Balaban J connectivity index is 2.31. The summed E-state index contributed by atoms with van der Waals surface area (Å²) in [6.07, 6.45) is 0.388. The Hall–Kier alpha value is -1.44. The van der Waals surface area contributed by atoms with Gasteiger partial charge in [-0.05, 0) is 6.92 Å². The number of carbonyl (C=O) groups is 1. The van der Waals surface area contributed by atoms with E-state index in [9.17, 15) is 4.79 Å². The predicted molar refractivity (Wildman–Crippen MR) is 74.7 cm³/mol.